The van der Waals surface area contributed by atoms with Crippen LogP contribution in [0.25, 0.3) is 0 Å². The van der Waals surface area contributed by atoms with Crippen molar-refractivity contribution in [1.82, 2.24) is 0 Å². The second-order valence-corrected chi connectivity index (χ2v) is 3.95. The van der Waals surface area contributed by atoms with E-state index < -0.39 is 34.3 Å². The van der Waals surface area contributed by atoms with E-state index in [1.54, 1.807) is 0 Å². The summed E-state index contributed by atoms with van der Waals surface area (Å²) in [5.74, 6) is -2.87. The summed E-state index contributed by atoms with van der Waals surface area (Å²) in [7, 11) is 0. The number of halogens is 1. The summed E-state index contributed by atoms with van der Waals surface area (Å²) in [6, 6.07) is 1.79. The second-order valence-electron chi connectivity index (χ2n) is 3.95. The van der Waals surface area contributed by atoms with Crippen molar-refractivity contribution in [2.75, 3.05) is 5.32 Å². The predicted octanol–water partition coefficient (Wildman–Crippen LogP) is 0.864. The van der Waals surface area contributed by atoms with Gasteiger partial charge in [-0.15, -0.1) is 0 Å². The Hall–Kier alpha value is -2.55. The van der Waals surface area contributed by atoms with Crippen molar-refractivity contribution < 1.29 is 24.0 Å². The molecule has 0 bridgehead atoms. The van der Waals surface area contributed by atoms with E-state index in [0.717, 1.165) is 18.2 Å². The van der Waals surface area contributed by atoms with Crippen molar-refractivity contribution >= 4 is 23.3 Å². The van der Waals surface area contributed by atoms with E-state index in [1.807, 2.05) is 0 Å². The molecule has 0 aliphatic heterocycles. The number of hydrogen-bond donors (Lipinski definition) is 3. The van der Waals surface area contributed by atoms with Crippen molar-refractivity contribution in [2.24, 2.45) is 5.73 Å². The second kappa shape index (κ2) is 6.57. The predicted molar refractivity (Wildman–Crippen MR) is 66.5 cm³/mol. The van der Waals surface area contributed by atoms with Gasteiger partial charge in [-0.25, -0.2) is 0 Å². The Bertz CT molecular complexity index is 549. The van der Waals surface area contributed by atoms with Gasteiger partial charge in [0.25, 0.3) is 0 Å². The quantitative estimate of drug-likeness (QED) is 0.524. The molecule has 1 rings (SSSR count). The molecule has 0 aromatic heterocycles. The minimum absolute atomic E-state index is 0.00359. The van der Waals surface area contributed by atoms with E-state index >= 15 is 0 Å². The van der Waals surface area contributed by atoms with Gasteiger partial charge < -0.3 is 16.2 Å². The van der Waals surface area contributed by atoms with Gasteiger partial charge in [0, 0.05) is 24.2 Å². The topological polar surface area (TPSA) is 136 Å². The molecule has 1 aromatic carbocycles. The average molecular weight is 285 g/mol. The van der Waals surface area contributed by atoms with Gasteiger partial charge in [-0.05, 0) is 12.5 Å². The first-order valence-electron chi connectivity index (χ1n) is 5.53. The molecular formula is C11H12FN3O5. The number of anilines is 1. The highest BCUT2D eigenvalue weighted by Crippen LogP contribution is 2.20. The van der Waals surface area contributed by atoms with Crippen LogP contribution in [0.1, 0.15) is 12.8 Å². The number of aliphatic carboxylic acids is 1. The lowest BCUT2D eigenvalue weighted by atomic mass is 10.1. The third kappa shape index (κ3) is 4.28. The van der Waals surface area contributed by atoms with E-state index in [4.69, 9.17) is 10.8 Å². The molecular weight excluding hydrogens is 273 g/mol. The van der Waals surface area contributed by atoms with E-state index in [0.29, 0.717) is 0 Å². The third-order valence-electron chi connectivity index (χ3n) is 2.42. The fourth-order valence-electron chi connectivity index (χ4n) is 1.38. The molecule has 0 saturated carbocycles. The molecule has 4 N–H and O–H groups in total. The van der Waals surface area contributed by atoms with Gasteiger partial charge in [0.05, 0.1) is 11.0 Å². The molecule has 1 unspecified atom stereocenters. The van der Waals surface area contributed by atoms with Crippen molar-refractivity contribution in [3.63, 3.8) is 0 Å². The summed E-state index contributed by atoms with van der Waals surface area (Å²) in [6.45, 7) is 0. The molecule has 108 valence electrons. The number of carboxylic acids is 1. The number of amides is 1. The molecule has 1 amide bonds. The molecule has 0 heterocycles. The van der Waals surface area contributed by atoms with Crippen LogP contribution in [0.2, 0.25) is 0 Å². The number of rotatable bonds is 6. The number of nitrogens with two attached hydrogens (primary N) is 1. The Morgan fingerprint density at radius 1 is 1.50 bits per heavy atom. The molecule has 20 heavy (non-hydrogen) atoms. The van der Waals surface area contributed by atoms with Crippen LogP contribution < -0.4 is 11.1 Å². The van der Waals surface area contributed by atoms with Crippen LogP contribution in [0, 0.1) is 15.9 Å². The maximum Gasteiger partial charge on any atom is 0.304 e. The fraction of sp³-hybridized carbons (Fsp3) is 0.273. The summed E-state index contributed by atoms with van der Waals surface area (Å²) in [5.41, 5.74) is 4.75. The van der Waals surface area contributed by atoms with Gasteiger partial charge in [0.15, 0.2) is 0 Å². The summed E-state index contributed by atoms with van der Waals surface area (Å²) in [4.78, 5) is 31.4. The van der Waals surface area contributed by atoms with E-state index in [2.05, 4.69) is 5.32 Å². The number of nitro groups is 1. The van der Waals surface area contributed by atoms with Crippen molar-refractivity contribution in [1.29, 1.82) is 0 Å². The van der Waals surface area contributed by atoms with Gasteiger partial charge in [0.1, 0.15) is 0 Å². The Labute approximate surface area is 112 Å². The lowest BCUT2D eigenvalue weighted by molar-refractivity contribution is -0.387. The van der Waals surface area contributed by atoms with Crippen LogP contribution in [0.5, 0.6) is 0 Å². The number of benzene rings is 1. The number of nitro benzene ring substituents is 1. The third-order valence-corrected chi connectivity index (χ3v) is 2.42. The molecule has 1 atom stereocenters. The highest BCUT2D eigenvalue weighted by Gasteiger charge is 2.18. The minimum atomic E-state index is -1.09. The SMILES string of the molecule is NC(CCC(=O)O)C(=O)Nc1ccc([N+](=O)[O-])c(F)c1. The Morgan fingerprint density at radius 3 is 2.65 bits per heavy atom. The lowest BCUT2D eigenvalue weighted by Crippen LogP contribution is -2.36. The number of carbonyl (C=O) groups excluding carboxylic acids is 1. The van der Waals surface area contributed by atoms with Crippen molar-refractivity contribution in [3.05, 3.63) is 34.1 Å². The average Bonchev–Trinajstić information content (AvgIpc) is 2.35. The first-order chi connectivity index (χ1) is 9.31. The largest absolute Gasteiger partial charge is 0.481 e. The van der Waals surface area contributed by atoms with Crippen molar-refractivity contribution in [3.8, 4) is 0 Å². The summed E-state index contributed by atoms with van der Waals surface area (Å²) in [5, 5.41) is 21.1. The molecule has 1 aromatic rings. The first-order valence-corrected chi connectivity index (χ1v) is 5.53. The molecule has 9 heteroatoms. The van der Waals surface area contributed by atoms with Gasteiger partial charge in [-0.3, -0.25) is 19.7 Å². The van der Waals surface area contributed by atoms with Gasteiger partial charge in [-0.1, -0.05) is 0 Å². The van der Waals surface area contributed by atoms with Crippen LogP contribution in [0.4, 0.5) is 15.8 Å². The first kappa shape index (κ1) is 15.5. The maximum absolute atomic E-state index is 13.3. The van der Waals surface area contributed by atoms with E-state index in [-0.39, 0.29) is 18.5 Å². The summed E-state index contributed by atoms with van der Waals surface area (Å²) < 4.78 is 13.3. The number of carboxylic acid groups (broad SMARTS) is 1. The zero-order valence-electron chi connectivity index (χ0n) is 10.2. The standard InChI is InChI=1S/C11H12FN3O5/c12-7-5-6(1-3-9(7)15(19)20)14-11(18)8(13)2-4-10(16)17/h1,3,5,8H,2,4,13H2,(H,14,18)(H,16,17). The molecule has 0 fully saturated rings. The van der Waals surface area contributed by atoms with Crippen LogP contribution in [0.15, 0.2) is 18.2 Å². The molecule has 0 saturated heterocycles. The van der Waals surface area contributed by atoms with Gasteiger partial charge in [-0.2, -0.15) is 4.39 Å². The van der Waals surface area contributed by atoms with E-state index in [1.165, 1.54) is 0 Å². The molecule has 8 nitrogen and oxygen atoms in total. The highest BCUT2D eigenvalue weighted by atomic mass is 19.1. The normalized spacial score (nSPS) is 11.7. The minimum Gasteiger partial charge on any atom is -0.481 e. The van der Waals surface area contributed by atoms with Crippen molar-refractivity contribution in [2.45, 2.75) is 18.9 Å². The zero-order valence-corrected chi connectivity index (χ0v) is 10.2. The Morgan fingerprint density at radius 2 is 2.15 bits per heavy atom. The smallest absolute Gasteiger partial charge is 0.304 e. The van der Waals surface area contributed by atoms with Gasteiger partial charge in [0.2, 0.25) is 11.7 Å². The van der Waals surface area contributed by atoms with Crippen LogP contribution >= 0.6 is 0 Å². The summed E-state index contributed by atoms with van der Waals surface area (Å²) in [6.07, 6.45) is -0.347. The van der Waals surface area contributed by atoms with Crippen LogP contribution in [0.3, 0.4) is 0 Å². The molecule has 0 spiro atoms. The number of hydrogen-bond acceptors (Lipinski definition) is 5. The highest BCUT2D eigenvalue weighted by molar-refractivity contribution is 5.94. The number of nitrogens with one attached hydrogen (secondary N) is 1. The molecule has 0 radical (unpaired) electrons. The Kier molecular flexibility index (Phi) is 5.09. The molecule has 0 aliphatic rings. The van der Waals surface area contributed by atoms with Crippen LogP contribution in [-0.2, 0) is 9.59 Å². The van der Waals surface area contributed by atoms with Gasteiger partial charge >= 0.3 is 11.7 Å². The zero-order chi connectivity index (χ0) is 15.3. The van der Waals surface area contributed by atoms with E-state index in [9.17, 15) is 24.1 Å². The fourth-order valence-corrected chi connectivity index (χ4v) is 1.38. The number of nitrogens with zero attached hydrogens (tertiary/aromatic N) is 1. The Balaban J connectivity index is 2.69. The lowest BCUT2D eigenvalue weighted by Gasteiger charge is -2.11. The number of carbonyl (C=O) groups is 2. The van der Waals surface area contributed by atoms with Crippen LogP contribution in [-0.4, -0.2) is 27.9 Å². The monoisotopic (exact) mass is 285 g/mol. The summed E-state index contributed by atoms with van der Waals surface area (Å²) >= 11 is 0. The molecule has 0 aliphatic carbocycles. The maximum atomic E-state index is 13.3.